The molecule has 0 aliphatic rings. The summed E-state index contributed by atoms with van der Waals surface area (Å²) in [6, 6.07) is 7.82. The Morgan fingerprint density at radius 1 is 1.33 bits per heavy atom. The van der Waals surface area contributed by atoms with Crippen LogP contribution >= 0.6 is 11.3 Å². The molecule has 0 saturated heterocycles. The quantitative estimate of drug-likeness (QED) is 0.580. The second-order valence-electron chi connectivity index (χ2n) is 5.14. The molecule has 1 amide bonds. The number of tetrazole rings is 1. The lowest BCUT2D eigenvalue weighted by atomic mass is 10.1. The summed E-state index contributed by atoms with van der Waals surface area (Å²) in [5, 5.41) is 19.9. The predicted octanol–water partition coefficient (Wildman–Crippen LogP) is 2.11. The molecule has 0 aliphatic heterocycles. The monoisotopic (exact) mass is 339 g/mol. The average molecular weight is 339 g/mol. The molecule has 0 spiro atoms. The van der Waals surface area contributed by atoms with E-state index in [1.54, 1.807) is 6.20 Å². The number of H-pyrrole nitrogens is 1. The molecule has 9 heteroatoms. The van der Waals surface area contributed by atoms with E-state index in [1.807, 2.05) is 40.4 Å². The third-order valence-electron chi connectivity index (χ3n) is 3.66. The molecule has 0 bridgehead atoms. The zero-order valence-electron chi connectivity index (χ0n) is 12.5. The first-order valence-electron chi connectivity index (χ1n) is 7.32. The highest BCUT2D eigenvalue weighted by molar-refractivity contribution is 7.13. The molecule has 120 valence electrons. The minimum Gasteiger partial charge on any atom is -0.346 e. The van der Waals surface area contributed by atoms with E-state index in [0.717, 1.165) is 10.9 Å². The number of aromatic nitrogens is 6. The van der Waals surface area contributed by atoms with Gasteiger partial charge in [-0.05, 0) is 16.5 Å². The SMILES string of the molecule is O=C(Nc1nccs1)c1cn(CCc2nnn[nH]2)c2ccccc12. The van der Waals surface area contributed by atoms with Gasteiger partial charge in [0.2, 0.25) is 0 Å². The Kier molecular flexibility index (Phi) is 3.75. The lowest BCUT2D eigenvalue weighted by molar-refractivity contribution is 0.102. The van der Waals surface area contributed by atoms with Crippen LogP contribution in [0.4, 0.5) is 5.13 Å². The summed E-state index contributed by atoms with van der Waals surface area (Å²) < 4.78 is 2.04. The van der Waals surface area contributed by atoms with Crippen LogP contribution in [0.25, 0.3) is 10.9 Å². The second kappa shape index (κ2) is 6.20. The van der Waals surface area contributed by atoms with E-state index in [9.17, 15) is 4.79 Å². The number of aryl methyl sites for hydroxylation is 2. The highest BCUT2D eigenvalue weighted by atomic mass is 32.1. The molecule has 2 N–H and O–H groups in total. The van der Waals surface area contributed by atoms with Crippen LogP contribution in [0.5, 0.6) is 0 Å². The number of carbonyl (C=O) groups is 1. The van der Waals surface area contributed by atoms with Crippen molar-refractivity contribution in [1.82, 2.24) is 30.2 Å². The summed E-state index contributed by atoms with van der Waals surface area (Å²) in [5.41, 5.74) is 1.62. The molecule has 0 aliphatic carbocycles. The summed E-state index contributed by atoms with van der Waals surface area (Å²) in [6.07, 6.45) is 4.17. The van der Waals surface area contributed by atoms with Crippen LogP contribution in [0.2, 0.25) is 0 Å². The van der Waals surface area contributed by atoms with Crippen molar-refractivity contribution >= 4 is 33.3 Å². The fourth-order valence-corrected chi connectivity index (χ4v) is 3.10. The average Bonchev–Trinajstić information content (AvgIpc) is 3.34. The lowest BCUT2D eigenvalue weighted by Crippen LogP contribution is -2.11. The molecule has 4 aromatic rings. The van der Waals surface area contributed by atoms with Crippen molar-refractivity contribution in [3.05, 3.63) is 53.4 Å². The number of hydrogen-bond acceptors (Lipinski definition) is 6. The number of para-hydroxylation sites is 1. The van der Waals surface area contributed by atoms with Crippen LogP contribution < -0.4 is 5.32 Å². The smallest absolute Gasteiger partial charge is 0.259 e. The van der Waals surface area contributed by atoms with Crippen molar-refractivity contribution in [1.29, 1.82) is 0 Å². The van der Waals surface area contributed by atoms with E-state index < -0.39 is 0 Å². The summed E-state index contributed by atoms with van der Waals surface area (Å²) in [5.74, 6) is 0.544. The highest BCUT2D eigenvalue weighted by Gasteiger charge is 2.16. The van der Waals surface area contributed by atoms with Crippen molar-refractivity contribution in [3.8, 4) is 0 Å². The van der Waals surface area contributed by atoms with Crippen molar-refractivity contribution in [2.75, 3.05) is 5.32 Å². The number of nitrogens with one attached hydrogen (secondary N) is 2. The maximum atomic E-state index is 12.6. The Morgan fingerprint density at radius 3 is 3.04 bits per heavy atom. The number of rotatable bonds is 5. The normalized spacial score (nSPS) is 11.0. The van der Waals surface area contributed by atoms with E-state index in [4.69, 9.17) is 0 Å². The highest BCUT2D eigenvalue weighted by Crippen LogP contribution is 2.23. The molecule has 3 aromatic heterocycles. The Bertz CT molecular complexity index is 959. The van der Waals surface area contributed by atoms with Gasteiger partial charge >= 0.3 is 0 Å². The number of benzene rings is 1. The fraction of sp³-hybridized carbons (Fsp3) is 0.133. The van der Waals surface area contributed by atoms with Crippen LogP contribution in [0.1, 0.15) is 16.2 Å². The van der Waals surface area contributed by atoms with Gasteiger partial charge in [0.05, 0.1) is 5.56 Å². The lowest BCUT2D eigenvalue weighted by Gasteiger charge is -2.02. The first kappa shape index (κ1) is 14.5. The minimum absolute atomic E-state index is 0.166. The van der Waals surface area contributed by atoms with Gasteiger partial charge in [-0.2, -0.15) is 0 Å². The van der Waals surface area contributed by atoms with Crippen LogP contribution in [-0.4, -0.2) is 36.1 Å². The Balaban J connectivity index is 1.64. The number of anilines is 1. The summed E-state index contributed by atoms with van der Waals surface area (Å²) in [4.78, 5) is 16.7. The number of hydrogen-bond donors (Lipinski definition) is 2. The van der Waals surface area contributed by atoms with Gasteiger partial charge in [-0.1, -0.05) is 18.2 Å². The molecule has 4 rings (SSSR count). The van der Waals surface area contributed by atoms with Gasteiger partial charge in [-0.3, -0.25) is 10.1 Å². The molecule has 0 unspecified atom stereocenters. The van der Waals surface area contributed by atoms with Crippen molar-refractivity contribution in [3.63, 3.8) is 0 Å². The number of fused-ring (bicyclic) bond motifs is 1. The van der Waals surface area contributed by atoms with Gasteiger partial charge in [-0.25, -0.2) is 10.1 Å². The van der Waals surface area contributed by atoms with Crippen LogP contribution in [0.15, 0.2) is 42.0 Å². The summed E-state index contributed by atoms with van der Waals surface area (Å²) in [7, 11) is 0. The van der Waals surface area contributed by atoms with E-state index in [1.165, 1.54) is 11.3 Å². The summed E-state index contributed by atoms with van der Waals surface area (Å²) in [6.45, 7) is 0.669. The third kappa shape index (κ3) is 2.76. The molecule has 0 saturated carbocycles. The predicted molar refractivity (Wildman–Crippen MR) is 89.9 cm³/mol. The standard InChI is InChI=1S/C15H13N7OS/c23-14(17-15-16-6-8-24-15)11-9-22(7-5-13-18-20-21-19-13)12-4-2-1-3-10(11)12/h1-4,6,8-9H,5,7H2,(H,16,17,23)(H,18,19,20,21). The maximum absolute atomic E-state index is 12.6. The van der Waals surface area contributed by atoms with Gasteiger partial charge < -0.3 is 4.57 Å². The van der Waals surface area contributed by atoms with Gasteiger partial charge in [0.15, 0.2) is 5.13 Å². The molecule has 1 aromatic carbocycles. The molecule has 3 heterocycles. The van der Waals surface area contributed by atoms with Gasteiger partial charge in [0, 0.05) is 41.6 Å². The first-order valence-corrected chi connectivity index (χ1v) is 8.20. The van der Waals surface area contributed by atoms with Crippen LogP contribution in [0, 0.1) is 0 Å². The van der Waals surface area contributed by atoms with Crippen molar-refractivity contribution in [2.45, 2.75) is 13.0 Å². The van der Waals surface area contributed by atoms with Crippen LogP contribution in [0.3, 0.4) is 0 Å². The Hall–Kier alpha value is -3.07. The van der Waals surface area contributed by atoms with Gasteiger partial charge in [0.1, 0.15) is 5.82 Å². The maximum Gasteiger partial charge on any atom is 0.259 e. The molecule has 0 radical (unpaired) electrons. The van der Waals surface area contributed by atoms with E-state index in [2.05, 4.69) is 30.9 Å². The van der Waals surface area contributed by atoms with E-state index >= 15 is 0 Å². The third-order valence-corrected chi connectivity index (χ3v) is 4.35. The zero-order valence-corrected chi connectivity index (χ0v) is 13.3. The van der Waals surface area contributed by atoms with Crippen molar-refractivity contribution < 1.29 is 4.79 Å². The van der Waals surface area contributed by atoms with E-state index in [0.29, 0.717) is 29.5 Å². The molecular formula is C15H13N7OS. The molecule has 24 heavy (non-hydrogen) atoms. The number of carbonyl (C=O) groups excluding carboxylic acids is 1. The fourth-order valence-electron chi connectivity index (χ4n) is 2.57. The van der Waals surface area contributed by atoms with Gasteiger partial charge in [-0.15, -0.1) is 16.4 Å². The Morgan fingerprint density at radius 2 is 2.25 bits per heavy atom. The molecule has 0 atom stereocenters. The van der Waals surface area contributed by atoms with Gasteiger partial charge in [0.25, 0.3) is 5.91 Å². The number of aromatic amines is 1. The minimum atomic E-state index is -0.166. The molecular weight excluding hydrogens is 326 g/mol. The van der Waals surface area contributed by atoms with E-state index in [-0.39, 0.29) is 5.91 Å². The number of amides is 1. The van der Waals surface area contributed by atoms with Crippen molar-refractivity contribution in [2.24, 2.45) is 0 Å². The number of thiazole rings is 1. The largest absolute Gasteiger partial charge is 0.346 e. The zero-order chi connectivity index (χ0) is 16.4. The number of nitrogens with zero attached hydrogens (tertiary/aromatic N) is 5. The first-order chi connectivity index (χ1) is 11.8. The molecule has 0 fully saturated rings. The second-order valence-corrected chi connectivity index (χ2v) is 6.04. The topological polar surface area (TPSA) is 101 Å². The molecule has 8 nitrogen and oxygen atoms in total. The summed E-state index contributed by atoms with van der Waals surface area (Å²) >= 11 is 1.39. The van der Waals surface area contributed by atoms with Crippen LogP contribution in [-0.2, 0) is 13.0 Å². The Labute approximate surface area is 140 Å².